The van der Waals surface area contributed by atoms with Gasteiger partial charge in [0.2, 0.25) is 5.91 Å². The second-order valence-corrected chi connectivity index (χ2v) is 14.8. The third-order valence-electron chi connectivity index (χ3n) is 11.5. The second kappa shape index (κ2) is 13.3. The Labute approximate surface area is 297 Å². The zero-order valence-electron chi connectivity index (χ0n) is 29.5. The van der Waals surface area contributed by atoms with Crippen molar-refractivity contribution in [3.63, 3.8) is 0 Å². The molecule has 2 aliphatic heterocycles. The number of carbonyl (C=O) groups is 2. The Balaban J connectivity index is 1.28. The molecule has 3 aromatic carbocycles. The minimum atomic E-state index is -4.44. The van der Waals surface area contributed by atoms with Crippen LogP contribution in [-0.4, -0.2) is 72.2 Å². The molecule has 1 saturated carbocycles. The van der Waals surface area contributed by atoms with E-state index in [0.717, 1.165) is 42.8 Å². The molecule has 2 aliphatic carbocycles. The Kier molecular flexibility index (Phi) is 9.19. The Morgan fingerprint density at radius 3 is 2.47 bits per heavy atom. The van der Waals surface area contributed by atoms with Crippen molar-refractivity contribution in [1.82, 2.24) is 9.80 Å². The van der Waals surface area contributed by atoms with Gasteiger partial charge in [-0.2, -0.15) is 13.2 Å². The minimum absolute atomic E-state index is 0.0911. The van der Waals surface area contributed by atoms with Crippen LogP contribution >= 0.6 is 0 Å². The molecule has 3 aromatic rings. The Bertz CT molecular complexity index is 1810. The number of alkyl halides is 3. The number of carbonyl (C=O) groups excluding carboxylic acids is 2. The van der Waals surface area contributed by atoms with Crippen molar-refractivity contribution in [2.75, 3.05) is 26.7 Å². The van der Waals surface area contributed by atoms with Crippen LogP contribution in [0.1, 0.15) is 67.9 Å². The number of hydrogen-bond acceptors (Lipinski definition) is 6. The van der Waals surface area contributed by atoms with Crippen LogP contribution in [0.25, 0.3) is 6.08 Å². The summed E-state index contributed by atoms with van der Waals surface area (Å²) in [6.45, 7) is 7.62. The Morgan fingerprint density at radius 2 is 1.80 bits per heavy atom. The zero-order chi connectivity index (χ0) is 36.1. The maximum Gasteiger partial charge on any atom is 0.416 e. The molecule has 7 nitrogen and oxygen atoms in total. The van der Waals surface area contributed by atoms with Gasteiger partial charge >= 0.3 is 12.1 Å². The van der Waals surface area contributed by atoms with Crippen LogP contribution in [0, 0.1) is 5.92 Å². The van der Waals surface area contributed by atoms with E-state index in [2.05, 4.69) is 49.1 Å². The Hall–Kier alpha value is -4.31. The molecule has 2 bridgehead atoms. The quantitative estimate of drug-likeness (QED) is 0.164. The summed E-state index contributed by atoms with van der Waals surface area (Å²) in [5.74, 6) is 0.817. The summed E-state index contributed by atoms with van der Waals surface area (Å²) in [6, 6.07) is 18.8. The zero-order valence-corrected chi connectivity index (χ0v) is 29.5. The highest BCUT2D eigenvalue weighted by Crippen LogP contribution is 2.67. The highest BCUT2D eigenvalue weighted by molar-refractivity contribution is 5.92. The lowest BCUT2D eigenvalue weighted by atomic mass is 9.48. The standard InChI is InChI=1S/C41H45F3N2O5/c1-26(2)25-46(35(48)17-12-29-10-14-31(15-11-29)41(42,43)44)32-18-20-40(51-27(3)47)34-24-30-13-16-33(49-4)37-36(30)39(40,38(32)50-37)21-23-45(34)22-19-28-8-6-5-7-9-28/h5-17,26,32,34,38H,18-25H2,1-4H3/t32-,34-,38+,39+,40-/m1/s1. The van der Waals surface area contributed by atoms with Crippen molar-refractivity contribution in [2.45, 2.75) is 88.3 Å². The molecule has 51 heavy (non-hydrogen) atoms. The lowest BCUT2D eigenvalue weighted by Crippen LogP contribution is -2.79. The van der Waals surface area contributed by atoms with Gasteiger partial charge in [0, 0.05) is 31.7 Å². The summed E-state index contributed by atoms with van der Waals surface area (Å²) >= 11 is 0. The first-order valence-electron chi connectivity index (χ1n) is 17.9. The van der Waals surface area contributed by atoms with E-state index >= 15 is 0 Å². The SMILES string of the molecule is COc1ccc2c3c1O[C@H]1[C@H](N(CC(C)C)C(=O)C=Cc4ccc(C(F)(F)F)cc4)CC[C@@]4(OC(C)=O)[C@@H](C2)N(CCc2ccccc2)CC[C@]314. The maximum atomic E-state index is 14.2. The topological polar surface area (TPSA) is 68.3 Å². The summed E-state index contributed by atoms with van der Waals surface area (Å²) in [4.78, 5) is 31.7. The van der Waals surface area contributed by atoms with Crippen molar-refractivity contribution in [3.05, 3.63) is 101 Å². The van der Waals surface area contributed by atoms with E-state index in [1.165, 1.54) is 30.7 Å². The minimum Gasteiger partial charge on any atom is -0.493 e. The molecule has 7 rings (SSSR count). The molecule has 1 amide bonds. The number of methoxy groups -OCH3 is 1. The van der Waals surface area contributed by atoms with Crippen LogP contribution in [0.15, 0.2) is 72.8 Å². The number of benzene rings is 3. The highest BCUT2D eigenvalue weighted by atomic mass is 19.4. The van der Waals surface area contributed by atoms with Crippen molar-refractivity contribution in [1.29, 1.82) is 0 Å². The van der Waals surface area contributed by atoms with Gasteiger partial charge in [-0.1, -0.05) is 62.4 Å². The lowest BCUT2D eigenvalue weighted by molar-refractivity contribution is -0.224. The van der Waals surface area contributed by atoms with Gasteiger partial charge < -0.3 is 19.1 Å². The second-order valence-electron chi connectivity index (χ2n) is 14.8. The predicted molar refractivity (Wildman–Crippen MR) is 187 cm³/mol. The van der Waals surface area contributed by atoms with Crippen molar-refractivity contribution >= 4 is 18.0 Å². The van der Waals surface area contributed by atoms with Gasteiger partial charge in [0.05, 0.1) is 30.2 Å². The molecule has 0 N–H and O–H groups in total. The van der Waals surface area contributed by atoms with Crippen LogP contribution in [0.3, 0.4) is 0 Å². The summed E-state index contributed by atoms with van der Waals surface area (Å²) < 4.78 is 59.1. The average molecular weight is 703 g/mol. The van der Waals surface area contributed by atoms with Crippen molar-refractivity contribution < 1.29 is 37.0 Å². The number of nitrogens with zero attached hydrogens (tertiary/aromatic N) is 2. The molecule has 270 valence electrons. The van der Waals surface area contributed by atoms with Gasteiger partial charge in [0.15, 0.2) is 11.5 Å². The molecule has 0 aromatic heterocycles. The number of halogens is 3. The van der Waals surface area contributed by atoms with Gasteiger partial charge in [0.25, 0.3) is 0 Å². The highest BCUT2D eigenvalue weighted by Gasteiger charge is 2.75. The molecule has 4 aliphatic rings. The molecule has 2 heterocycles. The number of amides is 1. The van der Waals surface area contributed by atoms with Crippen LogP contribution in [0.4, 0.5) is 13.2 Å². The number of rotatable bonds is 10. The van der Waals surface area contributed by atoms with Gasteiger partial charge in [-0.3, -0.25) is 14.5 Å². The first-order valence-corrected chi connectivity index (χ1v) is 17.9. The smallest absolute Gasteiger partial charge is 0.416 e. The molecule has 1 spiro atoms. The Morgan fingerprint density at radius 1 is 1.06 bits per heavy atom. The fourth-order valence-electron chi connectivity index (χ4n) is 9.52. The first-order chi connectivity index (χ1) is 24.4. The van der Waals surface area contributed by atoms with E-state index in [1.807, 2.05) is 17.0 Å². The third-order valence-corrected chi connectivity index (χ3v) is 11.5. The first kappa shape index (κ1) is 35.1. The summed E-state index contributed by atoms with van der Waals surface area (Å²) in [7, 11) is 1.62. The van der Waals surface area contributed by atoms with E-state index in [9.17, 15) is 22.8 Å². The number of ether oxygens (including phenoxy) is 3. The fraction of sp³-hybridized carbons (Fsp3) is 0.463. The molecule has 10 heteroatoms. The molecule has 1 saturated heterocycles. The lowest BCUT2D eigenvalue weighted by Gasteiger charge is -2.65. The van der Waals surface area contributed by atoms with Gasteiger partial charge in [-0.15, -0.1) is 0 Å². The van der Waals surface area contributed by atoms with Crippen LogP contribution in [-0.2, 0) is 38.8 Å². The molecule has 5 atom stereocenters. The average Bonchev–Trinajstić information content (AvgIpc) is 3.45. The normalized spacial score (nSPS) is 26.5. The maximum absolute atomic E-state index is 14.2. The predicted octanol–water partition coefficient (Wildman–Crippen LogP) is 7.25. The molecular weight excluding hydrogens is 657 g/mol. The summed E-state index contributed by atoms with van der Waals surface area (Å²) in [5, 5.41) is 0. The number of hydrogen-bond donors (Lipinski definition) is 0. The largest absolute Gasteiger partial charge is 0.493 e. The van der Waals surface area contributed by atoms with E-state index in [0.29, 0.717) is 49.3 Å². The molecule has 0 radical (unpaired) electrons. The summed E-state index contributed by atoms with van der Waals surface area (Å²) in [6.07, 6.45) is 1.37. The number of piperidine rings is 1. The van der Waals surface area contributed by atoms with E-state index in [-0.39, 0.29) is 29.9 Å². The van der Waals surface area contributed by atoms with E-state index < -0.39 is 28.9 Å². The molecule has 0 unspecified atom stereocenters. The van der Waals surface area contributed by atoms with Crippen LogP contribution in [0.2, 0.25) is 0 Å². The molecule has 2 fully saturated rings. The van der Waals surface area contributed by atoms with Gasteiger partial charge in [-0.05, 0) is 85.5 Å². The number of esters is 1. The van der Waals surface area contributed by atoms with Crippen molar-refractivity contribution in [2.24, 2.45) is 5.92 Å². The van der Waals surface area contributed by atoms with Crippen LogP contribution < -0.4 is 9.47 Å². The third kappa shape index (κ3) is 5.99. The van der Waals surface area contributed by atoms with Crippen molar-refractivity contribution in [3.8, 4) is 11.5 Å². The van der Waals surface area contributed by atoms with Gasteiger partial charge in [0.1, 0.15) is 11.7 Å². The molecular formula is C41H45F3N2O5. The summed E-state index contributed by atoms with van der Waals surface area (Å²) in [5.41, 5.74) is 1.58. The number of likely N-dealkylation sites (tertiary alicyclic amines) is 1. The van der Waals surface area contributed by atoms with Crippen LogP contribution in [0.5, 0.6) is 11.5 Å². The van der Waals surface area contributed by atoms with Gasteiger partial charge in [-0.25, -0.2) is 0 Å². The fourth-order valence-corrected chi connectivity index (χ4v) is 9.52. The monoisotopic (exact) mass is 702 g/mol. The van der Waals surface area contributed by atoms with E-state index in [4.69, 9.17) is 14.2 Å². The van der Waals surface area contributed by atoms with E-state index in [1.54, 1.807) is 13.2 Å².